The molecule has 2 aromatic rings. The third-order valence-electron chi connectivity index (χ3n) is 4.99. The lowest BCUT2D eigenvalue weighted by Crippen LogP contribution is -2.48. The standard InChI is InChI=1S/C19H23N3O4S2/c1-13-5-6-16(12-14(13)2)28(25,26)22-9-7-15(8-10-22)18(23)20-21-19(24)17-4-3-11-27-17/h3-6,11-12,15H,7-10H2,1-2H3,(H,20,23)(H,21,24). The van der Waals surface area contributed by atoms with E-state index >= 15 is 0 Å². The van der Waals surface area contributed by atoms with Crippen molar-refractivity contribution in [3.8, 4) is 0 Å². The van der Waals surface area contributed by atoms with E-state index in [9.17, 15) is 18.0 Å². The molecule has 0 atom stereocenters. The third kappa shape index (κ3) is 4.43. The highest BCUT2D eigenvalue weighted by Gasteiger charge is 2.32. The smallest absolute Gasteiger partial charge is 0.273 e. The van der Waals surface area contributed by atoms with Crippen LogP contribution in [0.2, 0.25) is 0 Å². The van der Waals surface area contributed by atoms with Crippen LogP contribution >= 0.6 is 11.3 Å². The lowest BCUT2D eigenvalue weighted by Gasteiger charge is -2.30. The Morgan fingerprint density at radius 2 is 1.79 bits per heavy atom. The van der Waals surface area contributed by atoms with Crippen LogP contribution in [0.4, 0.5) is 0 Å². The van der Waals surface area contributed by atoms with Crippen molar-refractivity contribution in [2.75, 3.05) is 13.1 Å². The largest absolute Gasteiger partial charge is 0.279 e. The molecule has 0 unspecified atom stereocenters. The van der Waals surface area contributed by atoms with Gasteiger partial charge in [-0.05, 0) is 61.4 Å². The number of benzene rings is 1. The number of rotatable bonds is 4. The highest BCUT2D eigenvalue weighted by molar-refractivity contribution is 7.89. The van der Waals surface area contributed by atoms with Gasteiger partial charge in [0.25, 0.3) is 5.91 Å². The van der Waals surface area contributed by atoms with Gasteiger partial charge in [-0.15, -0.1) is 11.3 Å². The van der Waals surface area contributed by atoms with Gasteiger partial charge in [-0.2, -0.15) is 4.31 Å². The first-order chi connectivity index (χ1) is 13.3. The van der Waals surface area contributed by atoms with Gasteiger partial charge < -0.3 is 0 Å². The maximum atomic E-state index is 12.8. The second kappa shape index (κ2) is 8.42. The Bertz CT molecular complexity index is 963. The first-order valence-corrected chi connectivity index (χ1v) is 11.3. The molecular weight excluding hydrogens is 398 g/mol. The number of piperidine rings is 1. The average Bonchev–Trinajstić information content (AvgIpc) is 3.23. The number of hydrogen-bond donors (Lipinski definition) is 2. The fourth-order valence-electron chi connectivity index (χ4n) is 3.07. The highest BCUT2D eigenvalue weighted by Crippen LogP contribution is 2.25. The molecule has 0 radical (unpaired) electrons. The molecule has 1 aliphatic rings. The minimum Gasteiger partial charge on any atom is -0.273 e. The lowest BCUT2D eigenvalue weighted by atomic mass is 9.98. The maximum absolute atomic E-state index is 12.8. The molecule has 1 aliphatic heterocycles. The van der Waals surface area contributed by atoms with Gasteiger partial charge in [-0.1, -0.05) is 12.1 Å². The van der Waals surface area contributed by atoms with Crippen LogP contribution in [0.15, 0.2) is 40.6 Å². The van der Waals surface area contributed by atoms with Crippen molar-refractivity contribution in [1.29, 1.82) is 0 Å². The predicted molar refractivity (Wildman–Crippen MR) is 107 cm³/mol. The maximum Gasteiger partial charge on any atom is 0.279 e. The molecule has 1 saturated heterocycles. The number of sulfonamides is 1. The molecule has 9 heteroatoms. The molecular formula is C19H23N3O4S2. The van der Waals surface area contributed by atoms with E-state index in [1.54, 1.807) is 35.7 Å². The van der Waals surface area contributed by atoms with Gasteiger partial charge in [-0.3, -0.25) is 20.4 Å². The van der Waals surface area contributed by atoms with Crippen LogP contribution in [0, 0.1) is 19.8 Å². The topological polar surface area (TPSA) is 95.6 Å². The minimum absolute atomic E-state index is 0.270. The molecule has 150 valence electrons. The van der Waals surface area contributed by atoms with Gasteiger partial charge in [0, 0.05) is 19.0 Å². The van der Waals surface area contributed by atoms with Gasteiger partial charge in [0.1, 0.15) is 0 Å². The summed E-state index contributed by atoms with van der Waals surface area (Å²) in [5.41, 5.74) is 6.81. The first kappa shape index (κ1) is 20.5. The lowest BCUT2D eigenvalue weighted by molar-refractivity contribution is -0.126. The Morgan fingerprint density at radius 1 is 1.07 bits per heavy atom. The molecule has 0 bridgehead atoms. The molecule has 1 aromatic heterocycles. The molecule has 3 rings (SSSR count). The average molecular weight is 422 g/mol. The number of aryl methyl sites for hydroxylation is 2. The van der Waals surface area contributed by atoms with E-state index < -0.39 is 10.0 Å². The molecule has 2 N–H and O–H groups in total. The summed E-state index contributed by atoms with van der Waals surface area (Å²) < 4.78 is 27.1. The third-order valence-corrected chi connectivity index (χ3v) is 7.75. The van der Waals surface area contributed by atoms with E-state index in [4.69, 9.17) is 0 Å². The summed E-state index contributed by atoms with van der Waals surface area (Å²) >= 11 is 1.28. The Balaban J connectivity index is 1.55. The molecule has 1 aromatic carbocycles. The second-order valence-electron chi connectivity index (χ2n) is 6.85. The van der Waals surface area contributed by atoms with Crippen molar-refractivity contribution in [3.05, 3.63) is 51.7 Å². The Morgan fingerprint density at radius 3 is 2.39 bits per heavy atom. The number of thiophene rings is 1. The summed E-state index contributed by atoms with van der Waals surface area (Å²) in [5, 5.41) is 1.78. The highest BCUT2D eigenvalue weighted by atomic mass is 32.2. The van der Waals surface area contributed by atoms with Crippen LogP contribution < -0.4 is 10.9 Å². The van der Waals surface area contributed by atoms with Crippen molar-refractivity contribution in [1.82, 2.24) is 15.2 Å². The van der Waals surface area contributed by atoms with Crippen LogP contribution in [-0.2, 0) is 14.8 Å². The van der Waals surface area contributed by atoms with Crippen LogP contribution in [0.25, 0.3) is 0 Å². The molecule has 28 heavy (non-hydrogen) atoms. The summed E-state index contributed by atoms with van der Waals surface area (Å²) in [6.07, 6.45) is 0.815. The Labute approximate surface area is 168 Å². The van der Waals surface area contributed by atoms with Crippen LogP contribution in [0.3, 0.4) is 0 Å². The van der Waals surface area contributed by atoms with Crippen molar-refractivity contribution >= 4 is 33.2 Å². The molecule has 1 fully saturated rings. The summed E-state index contributed by atoms with van der Waals surface area (Å²) in [6, 6.07) is 8.54. The molecule has 0 aliphatic carbocycles. The van der Waals surface area contributed by atoms with E-state index in [-0.39, 0.29) is 35.7 Å². The zero-order valence-corrected chi connectivity index (χ0v) is 17.4. The van der Waals surface area contributed by atoms with E-state index in [2.05, 4.69) is 10.9 Å². The normalized spacial score (nSPS) is 15.9. The van der Waals surface area contributed by atoms with Crippen molar-refractivity contribution in [3.63, 3.8) is 0 Å². The van der Waals surface area contributed by atoms with Gasteiger partial charge in [0.05, 0.1) is 9.77 Å². The summed E-state index contributed by atoms with van der Waals surface area (Å²) in [5.74, 6) is -0.999. The van der Waals surface area contributed by atoms with Crippen LogP contribution in [0.5, 0.6) is 0 Å². The monoisotopic (exact) mass is 421 g/mol. The predicted octanol–water partition coefficient (Wildman–Crippen LogP) is 2.23. The van der Waals surface area contributed by atoms with Crippen molar-refractivity contribution in [2.45, 2.75) is 31.6 Å². The molecule has 0 spiro atoms. The summed E-state index contributed by atoms with van der Waals surface area (Å²) in [6.45, 7) is 4.36. The second-order valence-corrected chi connectivity index (χ2v) is 9.73. The van der Waals surface area contributed by atoms with Gasteiger partial charge >= 0.3 is 0 Å². The number of hydrogen-bond acceptors (Lipinski definition) is 5. The molecule has 2 heterocycles. The number of hydrazine groups is 1. The number of carbonyl (C=O) groups excluding carboxylic acids is 2. The number of nitrogens with one attached hydrogen (secondary N) is 2. The zero-order valence-electron chi connectivity index (χ0n) is 15.8. The van der Waals surface area contributed by atoms with Gasteiger partial charge in [0.2, 0.25) is 15.9 Å². The SMILES string of the molecule is Cc1ccc(S(=O)(=O)N2CCC(C(=O)NNC(=O)c3cccs3)CC2)cc1C. The Kier molecular flexibility index (Phi) is 6.17. The first-order valence-electron chi connectivity index (χ1n) is 9.00. The summed E-state index contributed by atoms with van der Waals surface area (Å²) in [7, 11) is -3.57. The fraction of sp³-hybridized carbons (Fsp3) is 0.368. The van der Waals surface area contributed by atoms with Crippen LogP contribution in [-0.4, -0.2) is 37.6 Å². The number of nitrogens with zero attached hydrogens (tertiary/aromatic N) is 1. The Hall–Kier alpha value is -2.23. The van der Waals surface area contributed by atoms with E-state index in [0.29, 0.717) is 17.7 Å². The minimum atomic E-state index is -3.57. The van der Waals surface area contributed by atoms with Crippen molar-refractivity contribution < 1.29 is 18.0 Å². The van der Waals surface area contributed by atoms with Gasteiger partial charge in [0.15, 0.2) is 0 Å². The molecule has 2 amide bonds. The van der Waals surface area contributed by atoms with Gasteiger partial charge in [-0.25, -0.2) is 8.42 Å². The quantitative estimate of drug-likeness (QED) is 0.740. The summed E-state index contributed by atoms with van der Waals surface area (Å²) in [4.78, 5) is 25.0. The van der Waals surface area contributed by atoms with E-state index in [1.165, 1.54) is 15.6 Å². The molecule has 7 nitrogen and oxygen atoms in total. The fourth-order valence-corrected chi connectivity index (χ4v) is 5.25. The molecule has 0 saturated carbocycles. The zero-order chi connectivity index (χ0) is 20.3. The van der Waals surface area contributed by atoms with Crippen LogP contribution in [0.1, 0.15) is 33.6 Å². The van der Waals surface area contributed by atoms with E-state index in [0.717, 1.165) is 11.1 Å². The van der Waals surface area contributed by atoms with E-state index in [1.807, 2.05) is 13.8 Å². The number of amides is 2. The number of carbonyl (C=O) groups is 2. The van der Waals surface area contributed by atoms with Crippen molar-refractivity contribution in [2.24, 2.45) is 5.92 Å².